The van der Waals surface area contributed by atoms with Crippen molar-refractivity contribution in [2.45, 2.75) is 32.4 Å². The van der Waals surface area contributed by atoms with Crippen molar-refractivity contribution in [2.75, 3.05) is 7.11 Å². The summed E-state index contributed by atoms with van der Waals surface area (Å²) in [6.45, 7) is 4.31. The van der Waals surface area contributed by atoms with E-state index in [0.29, 0.717) is 11.8 Å². The molecule has 0 saturated carbocycles. The van der Waals surface area contributed by atoms with Crippen molar-refractivity contribution in [3.63, 3.8) is 0 Å². The molecule has 0 bridgehead atoms. The minimum Gasteiger partial charge on any atom is -0.508 e. The number of methoxy groups -OCH3 is 1. The van der Waals surface area contributed by atoms with E-state index in [9.17, 15) is 5.11 Å². The van der Waals surface area contributed by atoms with E-state index >= 15 is 0 Å². The number of rotatable bonds is 6. The molecular weight excluding hydrogens is 262 g/mol. The van der Waals surface area contributed by atoms with Crippen LogP contribution >= 0.6 is 0 Å². The van der Waals surface area contributed by atoms with Crippen LogP contribution in [0.4, 0.5) is 0 Å². The molecule has 0 saturated heterocycles. The molecule has 0 spiro atoms. The van der Waals surface area contributed by atoms with Crippen molar-refractivity contribution >= 4 is 0 Å². The molecule has 0 amide bonds. The molecule has 3 nitrogen and oxygen atoms in total. The van der Waals surface area contributed by atoms with Gasteiger partial charge in [-0.3, -0.25) is 0 Å². The van der Waals surface area contributed by atoms with Crippen molar-refractivity contribution in [3.8, 4) is 11.5 Å². The lowest BCUT2D eigenvalue weighted by molar-refractivity contribution is 0.395. The van der Waals surface area contributed by atoms with Gasteiger partial charge < -0.3 is 15.2 Å². The first-order valence-corrected chi connectivity index (χ1v) is 7.27. The summed E-state index contributed by atoms with van der Waals surface area (Å²) in [6, 6.07) is 16.0. The third-order valence-corrected chi connectivity index (χ3v) is 3.62. The quantitative estimate of drug-likeness (QED) is 0.850. The fourth-order valence-corrected chi connectivity index (χ4v) is 2.59. The van der Waals surface area contributed by atoms with E-state index in [0.717, 1.165) is 17.7 Å². The summed E-state index contributed by atoms with van der Waals surface area (Å²) in [5, 5.41) is 12.9. The average molecular weight is 285 g/mol. The Morgan fingerprint density at radius 3 is 2.38 bits per heavy atom. The van der Waals surface area contributed by atoms with Crippen LogP contribution in [-0.2, 0) is 6.42 Å². The minimum atomic E-state index is 0.216. The van der Waals surface area contributed by atoms with Crippen LogP contribution in [0.25, 0.3) is 0 Å². The zero-order chi connectivity index (χ0) is 15.2. The van der Waals surface area contributed by atoms with E-state index < -0.39 is 0 Å². The van der Waals surface area contributed by atoms with Gasteiger partial charge in [0.15, 0.2) is 0 Å². The molecule has 1 unspecified atom stereocenters. The molecule has 21 heavy (non-hydrogen) atoms. The Kier molecular flexibility index (Phi) is 5.23. The molecule has 0 radical (unpaired) electrons. The van der Waals surface area contributed by atoms with Crippen LogP contribution in [0.1, 0.15) is 31.0 Å². The van der Waals surface area contributed by atoms with Crippen LogP contribution in [0.5, 0.6) is 11.5 Å². The Morgan fingerprint density at radius 2 is 1.71 bits per heavy atom. The number of phenolic OH excluding ortho intramolecular Hbond substituents is 1. The summed E-state index contributed by atoms with van der Waals surface area (Å²) in [7, 11) is 1.70. The summed E-state index contributed by atoms with van der Waals surface area (Å²) < 4.78 is 5.41. The second-order valence-electron chi connectivity index (χ2n) is 5.40. The van der Waals surface area contributed by atoms with E-state index in [2.05, 4.69) is 25.2 Å². The Bertz CT molecular complexity index is 566. The number of nitrogens with one attached hydrogen (secondary N) is 1. The van der Waals surface area contributed by atoms with Crippen LogP contribution in [0.15, 0.2) is 48.5 Å². The molecule has 0 fully saturated rings. The SMILES string of the molecule is COc1ccccc1[C@H](C)NC(C)Cc1ccc(O)cc1. The second kappa shape index (κ2) is 7.14. The Hall–Kier alpha value is -2.00. The Balaban J connectivity index is 1.98. The maximum Gasteiger partial charge on any atom is 0.123 e. The molecule has 2 rings (SSSR count). The highest BCUT2D eigenvalue weighted by Crippen LogP contribution is 2.25. The maximum atomic E-state index is 9.31. The fraction of sp³-hybridized carbons (Fsp3) is 0.333. The van der Waals surface area contributed by atoms with Gasteiger partial charge >= 0.3 is 0 Å². The number of para-hydroxylation sites is 1. The van der Waals surface area contributed by atoms with Gasteiger partial charge in [-0.1, -0.05) is 30.3 Å². The lowest BCUT2D eigenvalue weighted by Gasteiger charge is -2.22. The molecule has 2 N–H and O–H groups in total. The van der Waals surface area contributed by atoms with Crippen LogP contribution < -0.4 is 10.1 Å². The fourth-order valence-electron chi connectivity index (χ4n) is 2.59. The lowest BCUT2D eigenvalue weighted by Crippen LogP contribution is -2.30. The minimum absolute atomic E-state index is 0.216. The predicted octanol–water partition coefficient (Wildman–Crippen LogP) is 3.68. The third kappa shape index (κ3) is 4.23. The van der Waals surface area contributed by atoms with E-state index in [-0.39, 0.29) is 6.04 Å². The summed E-state index contributed by atoms with van der Waals surface area (Å²) in [4.78, 5) is 0. The van der Waals surface area contributed by atoms with E-state index in [1.165, 1.54) is 5.56 Å². The number of hydrogen-bond donors (Lipinski definition) is 2. The summed E-state index contributed by atoms with van der Waals surface area (Å²) in [6.07, 6.45) is 0.916. The molecular formula is C18H23NO2. The molecule has 0 aromatic heterocycles. The van der Waals surface area contributed by atoms with Gasteiger partial charge in [0.25, 0.3) is 0 Å². The van der Waals surface area contributed by atoms with Crippen molar-refractivity contribution in [2.24, 2.45) is 0 Å². The zero-order valence-corrected chi connectivity index (χ0v) is 12.8. The first kappa shape index (κ1) is 15.4. The van der Waals surface area contributed by atoms with Gasteiger partial charge in [0, 0.05) is 17.6 Å². The van der Waals surface area contributed by atoms with Gasteiger partial charge in [-0.2, -0.15) is 0 Å². The van der Waals surface area contributed by atoms with Crippen molar-refractivity contribution in [1.29, 1.82) is 0 Å². The van der Waals surface area contributed by atoms with Crippen LogP contribution in [0.3, 0.4) is 0 Å². The summed E-state index contributed by atoms with van der Waals surface area (Å²) in [5.74, 6) is 1.22. The molecule has 0 heterocycles. The normalized spacial score (nSPS) is 13.7. The van der Waals surface area contributed by atoms with Gasteiger partial charge in [-0.15, -0.1) is 0 Å². The van der Waals surface area contributed by atoms with Gasteiger partial charge in [-0.05, 0) is 44.0 Å². The maximum absolute atomic E-state index is 9.31. The highest BCUT2D eigenvalue weighted by atomic mass is 16.5. The zero-order valence-electron chi connectivity index (χ0n) is 12.8. The highest BCUT2D eigenvalue weighted by molar-refractivity contribution is 5.35. The van der Waals surface area contributed by atoms with Crippen molar-refractivity contribution in [3.05, 3.63) is 59.7 Å². The summed E-state index contributed by atoms with van der Waals surface area (Å²) in [5.41, 5.74) is 2.37. The van der Waals surface area contributed by atoms with Gasteiger partial charge in [0.2, 0.25) is 0 Å². The van der Waals surface area contributed by atoms with Gasteiger partial charge in [0.05, 0.1) is 7.11 Å². The largest absolute Gasteiger partial charge is 0.508 e. The van der Waals surface area contributed by atoms with Crippen LogP contribution in [0.2, 0.25) is 0 Å². The molecule has 0 aliphatic rings. The summed E-state index contributed by atoms with van der Waals surface area (Å²) >= 11 is 0. The standard InChI is InChI=1S/C18H23NO2/c1-13(12-15-8-10-16(20)11-9-15)19-14(2)17-6-4-5-7-18(17)21-3/h4-11,13-14,19-20H,12H2,1-3H3/t13?,14-/m0/s1. The number of phenols is 1. The molecule has 112 valence electrons. The molecule has 2 atom stereocenters. The van der Waals surface area contributed by atoms with E-state index in [1.54, 1.807) is 19.2 Å². The first-order chi connectivity index (χ1) is 10.1. The molecule has 2 aromatic carbocycles. The first-order valence-electron chi connectivity index (χ1n) is 7.27. The van der Waals surface area contributed by atoms with Crippen LogP contribution in [0, 0.1) is 0 Å². The molecule has 0 aliphatic carbocycles. The molecule has 2 aromatic rings. The highest BCUT2D eigenvalue weighted by Gasteiger charge is 2.13. The number of hydrogen-bond acceptors (Lipinski definition) is 3. The molecule has 3 heteroatoms. The van der Waals surface area contributed by atoms with Crippen molar-refractivity contribution in [1.82, 2.24) is 5.32 Å². The van der Waals surface area contributed by atoms with E-state index in [1.807, 2.05) is 30.3 Å². The average Bonchev–Trinajstić information content (AvgIpc) is 2.49. The predicted molar refractivity (Wildman–Crippen MR) is 85.8 cm³/mol. The molecule has 0 aliphatic heterocycles. The smallest absolute Gasteiger partial charge is 0.123 e. The van der Waals surface area contributed by atoms with Crippen LogP contribution in [-0.4, -0.2) is 18.3 Å². The number of benzene rings is 2. The lowest BCUT2D eigenvalue weighted by atomic mass is 10.0. The Labute approximate surface area is 126 Å². The second-order valence-corrected chi connectivity index (χ2v) is 5.40. The third-order valence-electron chi connectivity index (χ3n) is 3.62. The van der Waals surface area contributed by atoms with Gasteiger partial charge in [-0.25, -0.2) is 0 Å². The number of aromatic hydroxyl groups is 1. The van der Waals surface area contributed by atoms with Crippen molar-refractivity contribution < 1.29 is 9.84 Å². The van der Waals surface area contributed by atoms with E-state index in [4.69, 9.17) is 4.74 Å². The monoisotopic (exact) mass is 285 g/mol. The number of ether oxygens (including phenoxy) is 1. The topological polar surface area (TPSA) is 41.5 Å². The Morgan fingerprint density at radius 1 is 1.05 bits per heavy atom. The van der Waals surface area contributed by atoms with Gasteiger partial charge in [0.1, 0.15) is 11.5 Å².